The Balaban J connectivity index is 2.30. The lowest BCUT2D eigenvalue weighted by molar-refractivity contribution is 0.123. The van der Waals surface area contributed by atoms with Crippen molar-refractivity contribution in [3.05, 3.63) is 34.3 Å². The molecule has 1 aromatic carbocycles. The predicted octanol–water partition coefficient (Wildman–Crippen LogP) is 3.67. The maximum absolute atomic E-state index is 9.56. The van der Waals surface area contributed by atoms with Crippen LogP contribution in [0.25, 0.3) is 0 Å². The van der Waals surface area contributed by atoms with E-state index in [1.54, 1.807) is 0 Å². The number of piperidine rings is 1. The monoisotopic (exact) mass is 292 g/mol. The highest BCUT2D eigenvalue weighted by Crippen LogP contribution is 2.31. The summed E-state index contributed by atoms with van der Waals surface area (Å²) in [6.45, 7) is 4.09. The van der Waals surface area contributed by atoms with Gasteiger partial charge >= 0.3 is 0 Å². The summed E-state index contributed by atoms with van der Waals surface area (Å²) < 4.78 is 1.06. The molecule has 17 heavy (non-hydrogen) atoms. The quantitative estimate of drug-likeness (QED) is 0.831. The van der Waals surface area contributed by atoms with E-state index in [1.165, 1.54) is 19.3 Å². The van der Waals surface area contributed by atoms with Gasteiger partial charge in [-0.1, -0.05) is 34.5 Å². The fourth-order valence-electron chi connectivity index (χ4n) is 2.43. The Hall–Kier alpha value is -0.850. The Labute approximate surface area is 111 Å². The lowest BCUT2D eigenvalue weighted by atomic mass is 9.90. The van der Waals surface area contributed by atoms with E-state index in [-0.39, 0.29) is 0 Å². The number of nitriles is 1. The first-order valence-corrected chi connectivity index (χ1v) is 6.88. The van der Waals surface area contributed by atoms with Crippen molar-refractivity contribution in [1.29, 1.82) is 5.26 Å². The minimum absolute atomic E-state index is 0.485. The van der Waals surface area contributed by atoms with Gasteiger partial charge in [0.25, 0.3) is 0 Å². The molecule has 2 rings (SSSR count). The summed E-state index contributed by atoms with van der Waals surface area (Å²) in [5.41, 5.74) is 0.603. The normalized spacial score (nSPS) is 20.5. The molecule has 3 heteroatoms. The van der Waals surface area contributed by atoms with Crippen molar-refractivity contribution < 1.29 is 0 Å². The molecule has 0 N–H and O–H groups in total. The molecule has 1 aliphatic rings. The lowest BCUT2D eigenvalue weighted by Gasteiger charge is -2.38. The number of likely N-dealkylation sites (tertiary alicyclic amines) is 1. The topological polar surface area (TPSA) is 27.0 Å². The van der Waals surface area contributed by atoms with Crippen LogP contribution in [0.2, 0.25) is 0 Å². The van der Waals surface area contributed by atoms with Crippen LogP contribution >= 0.6 is 15.9 Å². The summed E-state index contributed by atoms with van der Waals surface area (Å²) in [7, 11) is 0. The summed E-state index contributed by atoms with van der Waals surface area (Å²) in [4.78, 5) is 2.31. The standard InChI is InChI=1S/C14H17BrN2/c1-14(11-16,17-9-3-2-4-10-17)12-5-7-13(15)8-6-12/h5-8H,2-4,9-10H2,1H3. The van der Waals surface area contributed by atoms with Crippen molar-refractivity contribution >= 4 is 15.9 Å². The molecule has 0 radical (unpaired) electrons. The maximum atomic E-state index is 9.56. The molecule has 0 saturated carbocycles. The number of halogens is 1. The van der Waals surface area contributed by atoms with E-state index in [0.717, 1.165) is 23.1 Å². The summed E-state index contributed by atoms with van der Waals surface area (Å²) in [5, 5.41) is 9.56. The van der Waals surface area contributed by atoms with Crippen molar-refractivity contribution in [1.82, 2.24) is 4.90 Å². The number of nitrogens with zero attached hydrogens (tertiary/aromatic N) is 2. The number of rotatable bonds is 2. The van der Waals surface area contributed by atoms with Gasteiger partial charge in [0.1, 0.15) is 5.54 Å². The first-order valence-electron chi connectivity index (χ1n) is 6.09. The highest BCUT2D eigenvalue weighted by atomic mass is 79.9. The van der Waals surface area contributed by atoms with Gasteiger partial charge in [0, 0.05) is 4.47 Å². The van der Waals surface area contributed by atoms with Crippen molar-refractivity contribution in [3.63, 3.8) is 0 Å². The Bertz CT molecular complexity index is 415. The Kier molecular flexibility index (Phi) is 3.86. The molecule has 1 fully saturated rings. The molecule has 0 bridgehead atoms. The second kappa shape index (κ2) is 5.20. The van der Waals surface area contributed by atoms with Crippen molar-refractivity contribution in [2.45, 2.75) is 31.7 Å². The smallest absolute Gasteiger partial charge is 0.131 e. The minimum atomic E-state index is -0.485. The molecule has 1 aliphatic heterocycles. The number of hydrogen-bond donors (Lipinski definition) is 0. The average Bonchev–Trinajstić information content (AvgIpc) is 2.40. The van der Waals surface area contributed by atoms with Gasteiger partial charge in [0.05, 0.1) is 6.07 Å². The van der Waals surface area contributed by atoms with Gasteiger partial charge < -0.3 is 0 Å². The molecular formula is C14H17BrN2. The number of benzene rings is 1. The zero-order valence-electron chi connectivity index (χ0n) is 10.1. The van der Waals surface area contributed by atoms with Crippen LogP contribution in [0.1, 0.15) is 31.7 Å². The maximum Gasteiger partial charge on any atom is 0.131 e. The zero-order valence-corrected chi connectivity index (χ0v) is 11.7. The van der Waals surface area contributed by atoms with Crippen LogP contribution in [0, 0.1) is 11.3 Å². The predicted molar refractivity (Wildman–Crippen MR) is 72.5 cm³/mol. The van der Waals surface area contributed by atoms with Gasteiger partial charge in [-0.3, -0.25) is 4.90 Å². The van der Waals surface area contributed by atoms with Gasteiger partial charge in [-0.2, -0.15) is 5.26 Å². The second-order valence-corrected chi connectivity index (χ2v) is 5.65. The third kappa shape index (κ3) is 2.53. The second-order valence-electron chi connectivity index (χ2n) is 4.74. The molecule has 1 atom stereocenters. The molecule has 0 aromatic heterocycles. The van der Waals surface area contributed by atoms with Gasteiger partial charge in [0.15, 0.2) is 0 Å². The Morgan fingerprint density at radius 1 is 1.18 bits per heavy atom. The van der Waals surface area contributed by atoms with Crippen LogP contribution in [-0.2, 0) is 5.54 Å². The lowest BCUT2D eigenvalue weighted by Crippen LogP contribution is -2.45. The largest absolute Gasteiger partial charge is 0.282 e. The van der Waals surface area contributed by atoms with Gasteiger partial charge in [0.2, 0.25) is 0 Å². The molecule has 1 aromatic rings. The van der Waals surface area contributed by atoms with E-state index in [2.05, 4.69) is 26.9 Å². The first kappa shape index (κ1) is 12.6. The molecule has 0 aliphatic carbocycles. The van der Waals surface area contributed by atoms with E-state index >= 15 is 0 Å². The zero-order chi connectivity index (χ0) is 12.3. The first-order chi connectivity index (χ1) is 8.16. The highest BCUT2D eigenvalue weighted by molar-refractivity contribution is 9.10. The summed E-state index contributed by atoms with van der Waals surface area (Å²) in [5.74, 6) is 0. The third-order valence-electron chi connectivity index (χ3n) is 3.61. The van der Waals surface area contributed by atoms with Gasteiger partial charge in [-0.25, -0.2) is 0 Å². The minimum Gasteiger partial charge on any atom is -0.282 e. The van der Waals surface area contributed by atoms with Gasteiger partial charge in [-0.05, 0) is 50.6 Å². The van der Waals surface area contributed by atoms with E-state index in [0.29, 0.717) is 0 Å². The molecule has 0 amide bonds. The van der Waals surface area contributed by atoms with Crippen molar-refractivity contribution in [3.8, 4) is 6.07 Å². The summed E-state index contributed by atoms with van der Waals surface area (Å²) in [6.07, 6.45) is 3.69. The molecule has 2 nitrogen and oxygen atoms in total. The fourth-order valence-corrected chi connectivity index (χ4v) is 2.70. The summed E-state index contributed by atoms with van der Waals surface area (Å²) in [6, 6.07) is 10.6. The van der Waals surface area contributed by atoms with Crippen LogP contribution in [-0.4, -0.2) is 18.0 Å². The Morgan fingerprint density at radius 3 is 2.29 bits per heavy atom. The third-order valence-corrected chi connectivity index (χ3v) is 4.14. The van der Waals surface area contributed by atoms with Crippen LogP contribution in [0.4, 0.5) is 0 Å². The molecule has 90 valence electrons. The highest BCUT2D eigenvalue weighted by Gasteiger charge is 2.34. The van der Waals surface area contributed by atoms with Crippen LogP contribution < -0.4 is 0 Å². The van der Waals surface area contributed by atoms with Crippen LogP contribution in [0.3, 0.4) is 0 Å². The van der Waals surface area contributed by atoms with E-state index in [9.17, 15) is 5.26 Å². The van der Waals surface area contributed by atoms with E-state index < -0.39 is 5.54 Å². The molecule has 0 spiro atoms. The SMILES string of the molecule is CC(C#N)(c1ccc(Br)cc1)N1CCCCC1. The van der Waals surface area contributed by atoms with E-state index in [1.807, 2.05) is 31.2 Å². The van der Waals surface area contributed by atoms with Crippen molar-refractivity contribution in [2.24, 2.45) is 0 Å². The Morgan fingerprint density at radius 2 is 1.76 bits per heavy atom. The van der Waals surface area contributed by atoms with Gasteiger partial charge in [-0.15, -0.1) is 0 Å². The summed E-state index contributed by atoms with van der Waals surface area (Å²) >= 11 is 3.43. The fraction of sp³-hybridized carbons (Fsp3) is 0.500. The van der Waals surface area contributed by atoms with Crippen molar-refractivity contribution in [2.75, 3.05) is 13.1 Å². The molecular weight excluding hydrogens is 276 g/mol. The molecule has 1 saturated heterocycles. The molecule has 1 heterocycles. The van der Waals surface area contributed by atoms with Crippen LogP contribution in [0.5, 0.6) is 0 Å². The molecule has 1 unspecified atom stereocenters. The number of hydrogen-bond acceptors (Lipinski definition) is 2. The average molecular weight is 293 g/mol. The van der Waals surface area contributed by atoms with E-state index in [4.69, 9.17) is 0 Å². The van der Waals surface area contributed by atoms with Crippen LogP contribution in [0.15, 0.2) is 28.7 Å².